The van der Waals surface area contributed by atoms with Crippen molar-refractivity contribution in [3.05, 3.63) is 71.4 Å². The average Bonchev–Trinajstić information content (AvgIpc) is 2.68. The van der Waals surface area contributed by atoms with Crippen LogP contribution in [0.4, 0.5) is 18.9 Å². The number of nitrogens with one attached hydrogen (secondary N) is 1. The highest BCUT2D eigenvalue weighted by Crippen LogP contribution is 2.35. The van der Waals surface area contributed by atoms with E-state index in [0.717, 1.165) is 11.1 Å². The number of carbonyl (C=O) groups is 1. The number of halogens is 3. The lowest BCUT2D eigenvalue weighted by molar-refractivity contribution is -0.137. The third-order valence-electron chi connectivity index (χ3n) is 4.39. The number of benzene rings is 2. The summed E-state index contributed by atoms with van der Waals surface area (Å²) in [7, 11) is 0. The van der Waals surface area contributed by atoms with Gasteiger partial charge in [0.2, 0.25) is 5.88 Å². The van der Waals surface area contributed by atoms with E-state index in [-0.39, 0.29) is 5.56 Å². The molecule has 0 aliphatic carbocycles. The highest BCUT2D eigenvalue weighted by atomic mass is 32.1. The predicted octanol–water partition coefficient (Wildman–Crippen LogP) is 5.58. The van der Waals surface area contributed by atoms with Gasteiger partial charge in [-0.25, -0.2) is 4.98 Å². The molecule has 0 fully saturated rings. The number of aromatic hydroxyl groups is 1. The van der Waals surface area contributed by atoms with E-state index in [1.54, 1.807) is 12.1 Å². The minimum absolute atomic E-state index is 0.279. The Kier molecular flexibility index (Phi) is 5.83. The molecule has 1 heterocycles. The molecule has 150 valence electrons. The van der Waals surface area contributed by atoms with Crippen molar-refractivity contribution in [3.8, 4) is 17.0 Å². The lowest BCUT2D eigenvalue weighted by Crippen LogP contribution is -2.16. The van der Waals surface area contributed by atoms with E-state index in [0.29, 0.717) is 29.1 Å². The monoisotopic (exact) mass is 418 g/mol. The second-order valence-corrected chi connectivity index (χ2v) is 6.73. The van der Waals surface area contributed by atoms with Gasteiger partial charge in [-0.2, -0.15) is 13.2 Å². The molecule has 3 rings (SSSR count). The molecule has 0 saturated carbocycles. The van der Waals surface area contributed by atoms with Gasteiger partial charge in [0, 0.05) is 16.7 Å². The Hall–Kier alpha value is -3.00. The molecule has 4 nitrogen and oxygen atoms in total. The maximum Gasteiger partial charge on any atom is 0.417 e. The first-order valence-corrected chi connectivity index (χ1v) is 9.15. The zero-order chi connectivity index (χ0) is 21.2. The van der Waals surface area contributed by atoms with Gasteiger partial charge in [0.05, 0.1) is 5.56 Å². The highest BCUT2D eigenvalue weighted by molar-refractivity contribution is 7.80. The van der Waals surface area contributed by atoms with Crippen LogP contribution in [0.2, 0.25) is 0 Å². The van der Waals surface area contributed by atoms with Crippen LogP contribution in [-0.2, 0) is 12.6 Å². The van der Waals surface area contributed by atoms with Crippen molar-refractivity contribution < 1.29 is 23.1 Å². The summed E-state index contributed by atoms with van der Waals surface area (Å²) in [5, 5.41) is 12.1. The van der Waals surface area contributed by atoms with E-state index < -0.39 is 29.2 Å². The summed E-state index contributed by atoms with van der Waals surface area (Å²) in [5.41, 5.74) is 1.13. The molecule has 0 aliphatic heterocycles. The molecule has 0 unspecified atom stereocenters. The van der Waals surface area contributed by atoms with Crippen molar-refractivity contribution in [3.63, 3.8) is 0 Å². The molecular weight excluding hydrogens is 401 g/mol. The Morgan fingerprint density at radius 3 is 2.48 bits per heavy atom. The number of anilines is 1. The average molecular weight is 418 g/mol. The molecule has 1 aromatic heterocycles. The topological polar surface area (TPSA) is 62.2 Å². The Labute approximate surface area is 170 Å². The zero-order valence-corrected chi connectivity index (χ0v) is 16.2. The van der Waals surface area contributed by atoms with Gasteiger partial charge in [-0.1, -0.05) is 37.3 Å². The Balaban J connectivity index is 2.03. The molecule has 2 aromatic carbocycles. The molecule has 2 N–H and O–H groups in total. The van der Waals surface area contributed by atoms with Crippen molar-refractivity contribution in [1.29, 1.82) is 0 Å². The number of amides is 1. The number of hydrogen-bond acceptors (Lipinski definition) is 4. The molecule has 0 bridgehead atoms. The maximum atomic E-state index is 12.9. The van der Waals surface area contributed by atoms with E-state index >= 15 is 0 Å². The molecule has 0 aliphatic rings. The third kappa shape index (κ3) is 4.37. The maximum absolute atomic E-state index is 12.9. The molecule has 0 radical (unpaired) electrons. The van der Waals surface area contributed by atoms with Crippen LogP contribution in [0.5, 0.6) is 5.88 Å². The van der Waals surface area contributed by atoms with Gasteiger partial charge in [-0.3, -0.25) is 4.79 Å². The first-order chi connectivity index (χ1) is 13.7. The van der Waals surface area contributed by atoms with Gasteiger partial charge in [0.15, 0.2) is 0 Å². The SMILES string of the molecule is CCc1c(C(=O)Nc2cc(C(F)(F)F)cnc2O)ccc(S)c1-c1ccccc1. The fourth-order valence-corrected chi connectivity index (χ4v) is 3.38. The summed E-state index contributed by atoms with van der Waals surface area (Å²) in [6.45, 7) is 1.87. The first kappa shape index (κ1) is 20.7. The largest absolute Gasteiger partial charge is 0.492 e. The minimum Gasteiger partial charge on any atom is -0.492 e. The van der Waals surface area contributed by atoms with Crippen LogP contribution in [0.15, 0.2) is 59.6 Å². The summed E-state index contributed by atoms with van der Waals surface area (Å²) in [4.78, 5) is 16.8. The molecular formula is C21H17F3N2O2S. The van der Waals surface area contributed by atoms with Crippen LogP contribution in [0.25, 0.3) is 11.1 Å². The molecule has 0 saturated heterocycles. The van der Waals surface area contributed by atoms with Gasteiger partial charge >= 0.3 is 6.18 Å². The number of thiol groups is 1. The normalized spacial score (nSPS) is 11.3. The number of rotatable bonds is 4. The number of aromatic nitrogens is 1. The summed E-state index contributed by atoms with van der Waals surface area (Å²) >= 11 is 4.50. The number of alkyl halides is 3. The predicted molar refractivity (Wildman–Crippen MR) is 107 cm³/mol. The van der Waals surface area contributed by atoms with Gasteiger partial charge in [-0.05, 0) is 41.3 Å². The van der Waals surface area contributed by atoms with Crippen molar-refractivity contribution in [2.45, 2.75) is 24.4 Å². The molecule has 1 amide bonds. The zero-order valence-electron chi connectivity index (χ0n) is 15.3. The third-order valence-corrected chi connectivity index (χ3v) is 4.77. The number of nitrogens with zero attached hydrogens (tertiary/aromatic N) is 1. The van der Waals surface area contributed by atoms with Crippen LogP contribution < -0.4 is 5.32 Å². The lowest BCUT2D eigenvalue weighted by Gasteiger charge is -2.17. The first-order valence-electron chi connectivity index (χ1n) is 8.70. The quantitative estimate of drug-likeness (QED) is 0.485. The second kappa shape index (κ2) is 8.16. The van der Waals surface area contributed by atoms with Crippen LogP contribution in [0.1, 0.15) is 28.4 Å². The summed E-state index contributed by atoms with van der Waals surface area (Å²) in [6, 6.07) is 13.2. The highest BCUT2D eigenvalue weighted by Gasteiger charge is 2.32. The van der Waals surface area contributed by atoms with Crippen LogP contribution in [0.3, 0.4) is 0 Å². The van der Waals surface area contributed by atoms with Gasteiger partial charge in [0.1, 0.15) is 5.69 Å². The molecule has 3 aromatic rings. The summed E-state index contributed by atoms with van der Waals surface area (Å²) in [6.07, 6.45) is -3.65. The van der Waals surface area contributed by atoms with Gasteiger partial charge < -0.3 is 10.4 Å². The Morgan fingerprint density at radius 2 is 1.86 bits per heavy atom. The smallest absolute Gasteiger partial charge is 0.417 e. The van der Waals surface area contributed by atoms with Crippen molar-refractivity contribution >= 4 is 24.2 Å². The lowest BCUT2D eigenvalue weighted by atomic mass is 9.93. The van der Waals surface area contributed by atoms with E-state index in [2.05, 4.69) is 22.9 Å². The Morgan fingerprint density at radius 1 is 1.17 bits per heavy atom. The second-order valence-electron chi connectivity index (χ2n) is 6.25. The van der Waals surface area contributed by atoms with Crippen LogP contribution >= 0.6 is 12.6 Å². The van der Waals surface area contributed by atoms with Gasteiger partial charge in [0.25, 0.3) is 5.91 Å². The van der Waals surface area contributed by atoms with Crippen LogP contribution in [0, 0.1) is 0 Å². The molecule has 0 atom stereocenters. The van der Waals surface area contributed by atoms with Crippen molar-refractivity contribution in [2.75, 3.05) is 5.32 Å². The fraction of sp³-hybridized carbons (Fsp3) is 0.143. The van der Waals surface area contributed by atoms with E-state index in [1.807, 2.05) is 37.3 Å². The Bertz CT molecular complexity index is 1050. The van der Waals surface area contributed by atoms with E-state index in [4.69, 9.17) is 0 Å². The summed E-state index contributed by atoms with van der Waals surface area (Å²) in [5.74, 6) is -1.35. The van der Waals surface area contributed by atoms with Crippen LogP contribution in [-0.4, -0.2) is 16.0 Å². The van der Waals surface area contributed by atoms with Crippen molar-refractivity contribution in [1.82, 2.24) is 4.98 Å². The number of pyridine rings is 1. The van der Waals surface area contributed by atoms with E-state index in [1.165, 1.54) is 0 Å². The minimum atomic E-state index is -4.65. The molecule has 8 heteroatoms. The molecule has 0 spiro atoms. The summed E-state index contributed by atoms with van der Waals surface area (Å²) < 4.78 is 38.8. The van der Waals surface area contributed by atoms with Crippen molar-refractivity contribution in [2.24, 2.45) is 0 Å². The fourth-order valence-electron chi connectivity index (χ4n) is 3.04. The van der Waals surface area contributed by atoms with E-state index in [9.17, 15) is 23.1 Å². The number of carbonyl (C=O) groups excluding carboxylic acids is 1. The number of hydrogen-bond donors (Lipinski definition) is 3. The standard InChI is InChI=1S/C21H17F3N2O2S/c1-2-14-15(8-9-17(29)18(14)12-6-4-3-5-7-12)19(27)26-16-10-13(21(22,23)24)11-25-20(16)28/h3-11,29H,2H2,1H3,(H,25,28)(H,26,27). The van der Waals surface area contributed by atoms with Gasteiger partial charge in [-0.15, -0.1) is 12.6 Å². The molecule has 29 heavy (non-hydrogen) atoms.